The summed E-state index contributed by atoms with van der Waals surface area (Å²) >= 11 is 0. The molecule has 3 aromatic carbocycles. The summed E-state index contributed by atoms with van der Waals surface area (Å²) in [6, 6.07) is 18.9. The van der Waals surface area contributed by atoms with E-state index in [0.29, 0.717) is 46.8 Å². The molecule has 0 amide bonds. The summed E-state index contributed by atoms with van der Waals surface area (Å²) in [4.78, 5) is 47.9. The number of hydrogen-bond acceptors (Lipinski definition) is 10. The molecule has 0 atom stereocenters. The zero-order chi connectivity index (χ0) is 31.9. The second-order valence-electron chi connectivity index (χ2n) is 9.52. The maximum absolute atomic E-state index is 12.5. The van der Waals surface area contributed by atoms with Crippen molar-refractivity contribution >= 4 is 23.7 Å². The van der Waals surface area contributed by atoms with Crippen molar-refractivity contribution in [3.63, 3.8) is 0 Å². The average Bonchev–Trinajstić information content (AvgIpc) is 3.01. The van der Waals surface area contributed by atoms with E-state index in [2.05, 4.69) is 13.2 Å². The molecule has 0 saturated heterocycles. The van der Waals surface area contributed by atoms with Gasteiger partial charge in [0.15, 0.2) is 5.78 Å². The standard InChI is InChI=1S/C34H34O10/c1-23(2)31(35)22-39-20-21-41-28-12-8-26(9-13-28)34(38)44-30-16-14-29(15-17-30)43-33(37)25-6-10-27(11-7-25)40-18-5-19-42-32(36)24(3)4/h6-17H,1,3,5,18-22H2,2,4H3. The summed E-state index contributed by atoms with van der Waals surface area (Å²) in [6.07, 6.45) is 0.508. The molecule has 0 unspecified atom stereocenters. The van der Waals surface area contributed by atoms with E-state index in [1.54, 1.807) is 62.4 Å². The summed E-state index contributed by atoms with van der Waals surface area (Å²) in [7, 11) is 0. The third kappa shape index (κ3) is 11.2. The van der Waals surface area contributed by atoms with Gasteiger partial charge in [-0.1, -0.05) is 13.2 Å². The maximum Gasteiger partial charge on any atom is 0.343 e. The Kier molecular flexibility index (Phi) is 12.9. The van der Waals surface area contributed by atoms with Gasteiger partial charge in [0.2, 0.25) is 0 Å². The molecule has 0 N–H and O–H groups in total. The Morgan fingerprint density at radius 2 is 1.02 bits per heavy atom. The lowest BCUT2D eigenvalue weighted by Crippen LogP contribution is -2.14. The Morgan fingerprint density at radius 1 is 0.568 bits per heavy atom. The quantitative estimate of drug-likeness (QED) is 0.0840. The predicted molar refractivity (Wildman–Crippen MR) is 161 cm³/mol. The molecule has 230 valence electrons. The highest BCUT2D eigenvalue weighted by Crippen LogP contribution is 2.21. The first-order chi connectivity index (χ1) is 21.1. The minimum absolute atomic E-state index is 0.0440. The lowest BCUT2D eigenvalue weighted by atomic mass is 10.2. The van der Waals surface area contributed by atoms with Crippen molar-refractivity contribution in [2.24, 2.45) is 0 Å². The van der Waals surface area contributed by atoms with Gasteiger partial charge in [0.25, 0.3) is 0 Å². The van der Waals surface area contributed by atoms with E-state index in [0.717, 1.165) is 0 Å². The van der Waals surface area contributed by atoms with Gasteiger partial charge in [0, 0.05) is 12.0 Å². The van der Waals surface area contributed by atoms with Crippen LogP contribution < -0.4 is 18.9 Å². The van der Waals surface area contributed by atoms with Gasteiger partial charge in [-0.2, -0.15) is 0 Å². The number of rotatable bonds is 17. The number of benzene rings is 3. The monoisotopic (exact) mass is 602 g/mol. The molecule has 3 aromatic rings. The molecule has 0 aliphatic heterocycles. The number of carbonyl (C=O) groups excluding carboxylic acids is 4. The second-order valence-corrected chi connectivity index (χ2v) is 9.52. The highest BCUT2D eigenvalue weighted by atomic mass is 16.5. The fraction of sp³-hybridized carbons (Fsp3) is 0.235. The van der Waals surface area contributed by atoms with Crippen molar-refractivity contribution in [2.75, 3.05) is 33.0 Å². The Labute approximate surface area is 255 Å². The smallest absolute Gasteiger partial charge is 0.343 e. The first-order valence-electron chi connectivity index (χ1n) is 13.7. The van der Waals surface area contributed by atoms with E-state index in [9.17, 15) is 19.2 Å². The van der Waals surface area contributed by atoms with Crippen LogP contribution >= 0.6 is 0 Å². The molecular formula is C34H34O10. The number of hydrogen-bond donors (Lipinski definition) is 0. The molecule has 10 nitrogen and oxygen atoms in total. The van der Waals surface area contributed by atoms with E-state index < -0.39 is 17.9 Å². The van der Waals surface area contributed by atoms with Crippen molar-refractivity contribution in [3.05, 3.63) is 108 Å². The fourth-order valence-corrected chi connectivity index (χ4v) is 3.33. The van der Waals surface area contributed by atoms with Crippen molar-refractivity contribution in [1.82, 2.24) is 0 Å². The third-order valence-electron chi connectivity index (χ3n) is 5.77. The molecule has 0 aliphatic rings. The van der Waals surface area contributed by atoms with E-state index >= 15 is 0 Å². The van der Waals surface area contributed by atoms with Crippen molar-refractivity contribution < 1.29 is 47.6 Å². The molecule has 10 heteroatoms. The largest absolute Gasteiger partial charge is 0.493 e. The molecule has 0 heterocycles. The zero-order valence-electron chi connectivity index (χ0n) is 24.7. The van der Waals surface area contributed by atoms with Gasteiger partial charge in [-0.15, -0.1) is 0 Å². The van der Waals surface area contributed by atoms with Crippen LogP contribution in [0.25, 0.3) is 0 Å². The van der Waals surface area contributed by atoms with Crippen LogP contribution in [0.4, 0.5) is 0 Å². The van der Waals surface area contributed by atoms with E-state index in [1.807, 2.05) is 0 Å². The molecule has 0 saturated carbocycles. The zero-order valence-corrected chi connectivity index (χ0v) is 24.7. The lowest BCUT2D eigenvalue weighted by molar-refractivity contribution is -0.139. The molecule has 0 spiro atoms. The van der Waals surface area contributed by atoms with Gasteiger partial charge in [0.05, 0.1) is 30.9 Å². The normalized spacial score (nSPS) is 10.3. The Morgan fingerprint density at radius 3 is 1.48 bits per heavy atom. The topological polar surface area (TPSA) is 124 Å². The van der Waals surface area contributed by atoms with Gasteiger partial charge >= 0.3 is 17.9 Å². The van der Waals surface area contributed by atoms with E-state index in [1.165, 1.54) is 24.3 Å². The molecule has 0 aliphatic carbocycles. The summed E-state index contributed by atoms with van der Waals surface area (Å²) in [5.74, 6) is -0.108. The van der Waals surface area contributed by atoms with Gasteiger partial charge in [-0.05, 0) is 92.2 Å². The third-order valence-corrected chi connectivity index (χ3v) is 5.77. The summed E-state index contributed by atoms with van der Waals surface area (Å²) < 4.78 is 32.2. The van der Waals surface area contributed by atoms with E-state index in [-0.39, 0.29) is 43.7 Å². The Balaban J connectivity index is 1.39. The van der Waals surface area contributed by atoms with Gasteiger partial charge in [0.1, 0.15) is 36.2 Å². The molecular weight excluding hydrogens is 568 g/mol. The molecule has 0 radical (unpaired) electrons. The summed E-state index contributed by atoms with van der Waals surface area (Å²) in [5.41, 5.74) is 1.41. The van der Waals surface area contributed by atoms with Crippen LogP contribution in [0.5, 0.6) is 23.0 Å². The first kappa shape index (κ1) is 33.3. The number of Topliss-reactive ketones (excluding diaryl/α,β-unsaturated/α-hetero) is 1. The highest BCUT2D eigenvalue weighted by Gasteiger charge is 2.12. The van der Waals surface area contributed by atoms with E-state index in [4.69, 9.17) is 28.4 Å². The summed E-state index contributed by atoms with van der Waals surface area (Å²) in [6.45, 7) is 11.3. The highest BCUT2D eigenvalue weighted by molar-refractivity contribution is 5.95. The SMILES string of the molecule is C=C(C)C(=O)COCCOc1ccc(C(=O)Oc2ccc(OC(=O)c3ccc(OCCCOC(=O)C(=C)C)cc3)cc2)cc1. The summed E-state index contributed by atoms with van der Waals surface area (Å²) in [5, 5.41) is 0. The van der Waals surface area contributed by atoms with Crippen LogP contribution in [0.2, 0.25) is 0 Å². The average molecular weight is 603 g/mol. The minimum Gasteiger partial charge on any atom is -0.493 e. The van der Waals surface area contributed by atoms with Crippen molar-refractivity contribution in [2.45, 2.75) is 20.3 Å². The van der Waals surface area contributed by atoms with Gasteiger partial charge in [-0.25, -0.2) is 14.4 Å². The molecule has 0 bridgehead atoms. The minimum atomic E-state index is -0.571. The number of esters is 3. The van der Waals surface area contributed by atoms with Gasteiger partial charge in [-0.3, -0.25) is 4.79 Å². The van der Waals surface area contributed by atoms with Crippen LogP contribution in [-0.2, 0) is 19.1 Å². The van der Waals surface area contributed by atoms with Crippen LogP contribution in [0.15, 0.2) is 97.1 Å². The Hall–Kier alpha value is -5.22. The van der Waals surface area contributed by atoms with Crippen LogP contribution in [0.3, 0.4) is 0 Å². The lowest BCUT2D eigenvalue weighted by Gasteiger charge is -2.09. The molecule has 3 rings (SSSR count). The van der Waals surface area contributed by atoms with Crippen LogP contribution in [0, 0.1) is 0 Å². The predicted octanol–water partition coefficient (Wildman–Crippen LogP) is 5.55. The molecule has 0 fully saturated rings. The molecule has 44 heavy (non-hydrogen) atoms. The Bertz CT molecular complexity index is 1340. The first-order valence-corrected chi connectivity index (χ1v) is 13.7. The van der Waals surface area contributed by atoms with Crippen molar-refractivity contribution in [3.8, 4) is 23.0 Å². The van der Waals surface area contributed by atoms with Crippen molar-refractivity contribution in [1.29, 1.82) is 0 Å². The second kappa shape index (κ2) is 17.0. The van der Waals surface area contributed by atoms with Gasteiger partial charge < -0.3 is 28.4 Å². The molecule has 0 aromatic heterocycles. The number of ether oxygens (including phenoxy) is 6. The van der Waals surface area contributed by atoms with Crippen LogP contribution in [-0.4, -0.2) is 56.7 Å². The number of carbonyl (C=O) groups is 4. The maximum atomic E-state index is 12.5. The number of ketones is 1. The fourth-order valence-electron chi connectivity index (χ4n) is 3.33. The van der Waals surface area contributed by atoms with Crippen LogP contribution in [0.1, 0.15) is 41.0 Å².